The van der Waals surface area contributed by atoms with Gasteiger partial charge in [-0.05, 0) is 17.7 Å². The van der Waals surface area contributed by atoms with Gasteiger partial charge in [0.25, 0.3) is 0 Å². The zero-order valence-electron chi connectivity index (χ0n) is 15.5. The highest BCUT2D eigenvalue weighted by molar-refractivity contribution is 6.16. The Morgan fingerprint density at radius 2 is 1.63 bits per heavy atom. The second-order valence-corrected chi connectivity index (χ2v) is 6.68. The van der Waals surface area contributed by atoms with Crippen LogP contribution in [0.15, 0.2) is 79.0 Å². The Morgan fingerprint density at radius 1 is 0.900 bits per heavy atom. The van der Waals surface area contributed by atoms with Crippen LogP contribution in [0.3, 0.4) is 0 Å². The first-order valence-electron chi connectivity index (χ1n) is 9.04. The highest BCUT2D eigenvalue weighted by atomic mass is 19.4. The standard InChI is InChI=1S/C24H14F3NO2/c25-24(26,27)20-11-5-10-18-21(17-9-4-6-15(12-17)14-29)19(13-28-22(18)20)23(30)16-7-2-1-3-8-16/h1-14H. The second-order valence-electron chi connectivity index (χ2n) is 6.68. The molecule has 1 heterocycles. The first kappa shape index (κ1) is 19.5. The summed E-state index contributed by atoms with van der Waals surface area (Å²) in [5, 5.41) is 0.189. The molecule has 6 heteroatoms. The Labute approximate surface area is 169 Å². The van der Waals surface area contributed by atoms with Crippen LogP contribution in [0, 0.1) is 0 Å². The van der Waals surface area contributed by atoms with E-state index in [0.717, 1.165) is 6.07 Å². The first-order chi connectivity index (χ1) is 14.4. The van der Waals surface area contributed by atoms with Gasteiger partial charge in [-0.2, -0.15) is 13.2 Å². The minimum Gasteiger partial charge on any atom is -0.298 e. The number of para-hydroxylation sites is 1. The van der Waals surface area contributed by atoms with E-state index in [-0.39, 0.29) is 22.2 Å². The lowest BCUT2D eigenvalue weighted by atomic mass is 9.90. The zero-order valence-corrected chi connectivity index (χ0v) is 15.5. The summed E-state index contributed by atoms with van der Waals surface area (Å²) in [6, 6.07) is 18.6. The molecule has 0 saturated heterocycles. The summed E-state index contributed by atoms with van der Waals surface area (Å²) in [5.74, 6) is -0.367. The van der Waals surface area contributed by atoms with Gasteiger partial charge in [0.05, 0.1) is 11.1 Å². The van der Waals surface area contributed by atoms with Crippen LogP contribution in [0.2, 0.25) is 0 Å². The number of hydrogen-bond donors (Lipinski definition) is 0. The summed E-state index contributed by atoms with van der Waals surface area (Å²) in [4.78, 5) is 28.5. The van der Waals surface area contributed by atoms with Gasteiger partial charge in [0.2, 0.25) is 0 Å². The lowest BCUT2D eigenvalue weighted by Gasteiger charge is -2.16. The van der Waals surface area contributed by atoms with Gasteiger partial charge in [-0.3, -0.25) is 14.6 Å². The molecule has 148 valence electrons. The minimum absolute atomic E-state index is 0.163. The Hall–Kier alpha value is -3.80. The largest absolute Gasteiger partial charge is 0.418 e. The molecule has 0 aliphatic carbocycles. The van der Waals surface area contributed by atoms with Crippen LogP contribution in [0.1, 0.15) is 31.8 Å². The highest BCUT2D eigenvalue weighted by Gasteiger charge is 2.34. The summed E-state index contributed by atoms with van der Waals surface area (Å²) < 4.78 is 40.6. The van der Waals surface area contributed by atoms with E-state index in [4.69, 9.17) is 0 Å². The lowest BCUT2D eigenvalue weighted by molar-refractivity contribution is -0.136. The predicted molar refractivity (Wildman–Crippen MR) is 107 cm³/mol. The van der Waals surface area contributed by atoms with Crippen molar-refractivity contribution in [2.24, 2.45) is 0 Å². The fraction of sp³-hybridized carbons (Fsp3) is 0.0417. The van der Waals surface area contributed by atoms with Crippen LogP contribution in [-0.4, -0.2) is 17.1 Å². The molecule has 0 aliphatic heterocycles. The number of nitrogens with zero attached hydrogens (tertiary/aromatic N) is 1. The van der Waals surface area contributed by atoms with E-state index in [1.807, 2.05) is 0 Å². The van der Waals surface area contributed by atoms with Gasteiger partial charge in [-0.25, -0.2) is 0 Å². The predicted octanol–water partition coefficient (Wildman–Crippen LogP) is 5.96. The van der Waals surface area contributed by atoms with Gasteiger partial charge >= 0.3 is 6.18 Å². The summed E-state index contributed by atoms with van der Waals surface area (Å²) in [6.45, 7) is 0. The number of pyridine rings is 1. The topological polar surface area (TPSA) is 47.0 Å². The quantitative estimate of drug-likeness (QED) is 0.311. The number of fused-ring (bicyclic) bond motifs is 1. The molecule has 3 nitrogen and oxygen atoms in total. The number of alkyl halides is 3. The average molecular weight is 405 g/mol. The molecule has 0 aliphatic rings. The molecule has 0 spiro atoms. The summed E-state index contributed by atoms with van der Waals surface area (Å²) >= 11 is 0. The van der Waals surface area contributed by atoms with E-state index in [2.05, 4.69) is 4.98 Å². The number of ketones is 1. The number of aromatic nitrogens is 1. The maximum Gasteiger partial charge on any atom is 0.418 e. The molecule has 0 amide bonds. The van der Waals surface area contributed by atoms with Gasteiger partial charge < -0.3 is 0 Å². The molecule has 0 bridgehead atoms. The van der Waals surface area contributed by atoms with Crippen LogP contribution in [-0.2, 0) is 6.18 Å². The molecule has 0 saturated carbocycles. The third kappa shape index (κ3) is 3.48. The number of aldehydes is 1. The number of hydrogen-bond acceptors (Lipinski definition) is 3. The number of rotatable bonds is 4. The molecule has 3 aromatic carbocycles. The van der Waals surface area contributed by atoms with Crippen LogP contribution >= 0.6 is 0 Å². The molecular formula is C24H14F3NO2. The Balaban J connectivity index is 2.07. The molecule has 0 radical (unpaired) electrons. The Kier molecular flexibility index (Phi) is 4.91. The van der Waals surface area contributed by atoms with Gasteiger partial charge in [0, 0.05) is 33.8 Å². The molecule has 0 fully saturated rings. The van der Waals surface area contributed by atoms with Gasteiger partial charge in [0.1, 0.15) is 6.29 Å². The van der Waals surface area contributed by atoms with Crippen molar-refractivity contribution < 1.29 is 22.8 Å². The van der Waals surface area contributed by atoms with Crippen molar-refractivity contribution in [1.29, 1.82) is 0 Å². The van der Waals surface area contributed by atoms with Gasteiger partial charge in [0.15, 0.2) is 5.78 Å². The number of halogens is 3. The van der Waals surface area contributed by atoms with Crippen LogP contribution in [0.4, 0.5) is 13.2 Å². The van der Waals surface area contributed by atoms with Gasteiger partial charge in [-0.1, -0.05) is 60.7 Å². The maximum absolute atomic E-state index is 13.5. The van der Waals surface area contributed by atoms with Crippen LogP contribution in [0.25, 0.3) is 22.0 Å². The lowest BCUT2D eigenvalue weighted by Crippen LogP contribution is -2.09. The molecule has 0 atom stereocenters. The van der Waals surface area contributed by atoms with Crippen LogP contribution < -0.4 is 0 Å². The van der Waals surface area contributed by atoms with Crippen molar-refractivity contribution in [2.75, 3.05) is 0 Å². The smallest absolute Gasteiger partial charge is 0.298 e. The van der Waals surface area contributed by atoms with Crippen LogP contribution in [0.5, 0.6) is 0 Å². The van der Waals surface area contributed by atoms with E-state index in [1.165, 1.54) is 18.3 Å². The molecule has 4 aromatic rings. The zero-order chi connectivity index (χ0) is 21.3. The summed E-state index contributed by atoms with van der Waals surface area (Å²) in [6.07, 6.45) is -2.78. The molecule has 1 aromatic heterocycles. The first-order valence-corrected chi connectivity index (χ1v) is 9.04. The van der Waals surface area contributed by atoms with Crippen molar-refractivity contribution >= 4 is 23.0 Å². The monoisotopic (exact) mass is 405 g/mol. The van der Waals surface area contributed by atoms with E-state index in [9.17, 15) is 22.8 Å². The number of benzene rings is 3. The highest BCUT2D eigenvalue weighted by Crippen LogP contribution is 2.39. The molecule has 0 unspecified atom stereocenters. The van der Waals surface area contributed by atoms with Crippen molar-refractivity contribution in [3.8, 4) is 11.1 Å². The molecule has 0 N–H and O–H groups in total. The number of carbonyl (C=O) groups is 2. The third-order valence-electron chi connectivity index (χ3n) is 4.79. The molecular weight excluding hydrogens is 391 g/mol. The minimum atomic E-state index is -4.60. The van der Waals surface area contributed by atoms with Crippen molar-refractivity contribution in [1.82, 2.24) is 4.98 Å². The van der Waals surface area contributed by atoms with Crippen molar-refractivity contribution in [3.05, 3.63) is 101 Å². The fourth-order valence-corrected chi connectivity index (χ4v) is 3.45. The normalized spacial score (nSPS) is 11.4. The Bertz CT molecular complexity index is 1260. The SMILES string of the molecule is O=Cc1cccc(-c2c(C(=O)c3ccccc3)cnc3c(C(F)(F)F)cccc23)c1. The Morgan fingerprint density at radius 3 is 2.33 bits per heavy atom. The fourth-order valence-electron chi connectivity index (χ4n) is 3.45. The molecule has 30 heavy (non-hydrogen) atoms. The summed E-state index contributed by atoms with van der Waals surface area (Å²) in [5.41, 5.74) is 0.541. The second kappa shape index (κ2) is 7.55. The van der Waals surface area contributed by atoms with E-state index in [1.54, 1.807) is 54.6 Å². The van der Waals surface area contributed by atoms with E-state index >= 15 is 0 Å². The molecule has 4 rings (SSSR count). The van der Waals surface area contributed by atoms with Crippen molar-refractivity contribution in [3.63, 3.8) is 0 Å². The van der Waals surface area contributed by atoms with E-state index in [0.29, 0.717) is 28.5 Å². The number of carbonyl (C=O) groups excluding carboxylic acids is 2. The maximum atomic E-state index is 13.5. The third-order valence-corrected chi connectivity index (χ3v) is 4.79. The van der Waals surface area contributed by atoms with Crippen molar-refractivity contribution in [2.45, 2.75) is 6.18 Å². The van der Waals surface area contributed by atoms with Gasteiger partial charge in [-0.15, -0.1) is 0 Å². The average Bonchev–Trinajstić information content (AvgIpc) is 2.77. The van der Waals surface area contributed by atoms with E-state index < -0.39 is 11.7 Å². The summed E-state index contributed by atoms with van der Waals surface area (Å²) in [7, 11) is 0.